The molecule has 3 aromatic rings. The molecule has 0 saturated heterocycles. The van der Waals surface area contributed by atoms with Gasteiger partial charge in [0.25, 0.3) is 0 Å². The zero-order valence-electron chi connectivity index (χ0n) is 14.5. The van der Waals surface area contributed by atoms with E-state index in [1.54, 1.807) is 0 Å². The first kappa shape index (κ1) is 17.0. The number of carbonyl (C=O) groups is 1. The van der Waals surface area contributed by atoms with Crippen molar-refractivity contribution in [2.75, 3.05) is 5.32 Å². The average Bonchev–Trinajstić information content (AvgIpc) is 3.29. The Bertz CT molecular complexity index is 965. The Morgan fingerprint density at radius 3 is 2.74 bits per heavy atom. The van der Waals surface area contributed by atoms with Crippen molar-refractivity contribution in [3.63, 3.8) is 0 Å². The second-order valence-corrected chi connectivity index (χ2v) is 6.45. The van der Waals surface area contributed by atoms with Crippen molar-refractivity contribution in [3.8, 4) is 11.3 Å². The van der Waals surface area contributed by atoms with Crippen molar-refractivity contribution in [1.82, 2.24) is 19.3 Å². The van der Waals surface area contributed by atoms with Gasteiger partial charge in [-0.1, -0.05) is 12.1 Å². The maximum Gasteiger partial charge on any atom is 0.389 e. The molecule has 3 heterocycles. The van der Waals surface area contributed by atoms with Gasteiger partial charge in [-0.25, -0.2) is 4.98 Å². The number of imidazole rings is 1. The van der Waals surface area contributed by atoms with E-state index < -0.39 is 4.92 Å². The first-order valence-corrected chi connectivity index (χ1v) is 8.73. The number of amides is 1. The highest BCUT2D eigenvalue weighted by atomic mass is 16.6. The molecule has 138 valence electrons. The molecule has 0 aliphatic carbocycles. The highest BCUT2D eigenvalue weighted by Gasteiger charge is 2.15. The van der Waals surface area contributed by atoms with E-state index in [0.717, 1.165) is 30.0 Å². The summed E-state index contributed by atoms with van der Waals surface area (Å²) in [5.74, 6) is 0.537. The molecule has 0 spiro atoms. The van der Waals surface area contributed by atoms with Crippen LogP contribution < -0.4 is 5.32 Å². The quantitative estimate of drug-likeness (QED) is 0.552. The molecule has 1 aromatic carbocycles. The summed E-state index contributed by atoms with van der Waals surface area (Å²) in [5, 5.41) is 17.1. The second-order valence-electron chi connectivity index (χ2n) is 6.45. The predicted octanol–water partition coefficient (Wildman–Crippen LogP) is 2.63. The summed E-state index contributed by atoms with van der Waals surface area (Å²) in [7, 11) is 0. The fourth-order valence-corrected chi connectivity index (χ4v) is 3.16. The maximum absolute atomic E-state index is 12.1. The van der Waals surface area contributed by atoms with Crippen molar-refractivity contribution in [3.05, 3.63) is 58.7 Å². The summed E-state index contributed by atoms with van der Waals surface area (Å²) in [5.41, 5.74) is 2.58. The Hall–Kier alpha value is -3.49. The van der Waals surface area contributed by atoms with Crippen molar-refractivity contribution in [1.29, 1.82) is 0 Å². The molecule has 0 unspecified atom stereocenters. The van der Waals surface area contributed by atoms with Gasteiger partial charge in [-0.05, 0) is 29.9 Å². The lowest BCUT2D eigenvalue weighted by atomic mass is 10.1. The number of rotatable bonds is 5. The van der Waals surface area contributed by atoms with Gasteiger partial charge < -0.3 is 20.0 Å². The smallest absolute Gasteiger partial charge is 0.358 e. The number of carbonyl (C=O) groups excluding carboxylic acids is 1. The molecule has 0 saturated carbocycles. The lowest BCUT2D eigenvalue weighted by Crippen LogP contribution is -2.19. The fourth-order valence-electron chi connectivity index (χ4n) is 3.16. The second kappa shape index (κ2) is 7.02. The van der Waals surface area contributed by atoms with Crippen LogP contribution in [0.3, 0.4) is 0 Å². The lowest BCUT2D eigenvalue weighted by Gasteiger charge is -2.11. The van der Waals surface area contributed by atoms with Crippen LogP contribution in [0.5, 0.6) is 0 Å². The summed E-state index contributed by atoms with van der Waals surface area (Å²) < 4.78 is 3.44. The van der Waals surface area contributed by atoms with Crippen LogP contribution in [0, 0.1) is 10.1 Å². The third kappa shape index (κ3) is 3.71. The highest BCUT2D eigenvalue weighted by molar-refractivity contribution is 5.90. The third-order valence-corrected chi connectivity index (χ3v) is 4.49. The zero-order valence-corrected chi connectivity index (χ0v) is 14.5. The maximum atomic E-state index is 12.1. The molecule has 1 aliphatic rings. The molecule has 1 N–H and O–H groups in total. The van der Waals surface area contributed by atoms with Crippen molar-refractivity contribution < 1.29 is 9.72 Å². The summed E-state index contributed by atoms with van der Waals surface area (Å²) in [4.78, 5) is 26.8. The largest absolute Gasteiger partial charge is 0.389 e. The Morgan fingerprint density at radius 1 is 1.22 bits per heavy atom. The summed E-state index contributed by atoms with van der Waals surface area (Å²) in [6.45, 7) is 0.922. The normalized spacial score (nSPS) is 13.2. The van der Waals surface area contributed by atoms with E-state index in [1.165, 1.54) is 29.8 Å². The molecule has 27 heavy (non-hydrogen) atoms. The number of nitrogens with one attached hydrogen (secondary N) is 1. The topological polar surface area (TPSA) is 108 Å². The minimum Gasteiger partial charge on any atom is -0.358 e. The molecule has 0 bridgehead atoms. The number of aryl methyl sites for hydroxylation is 2. The van der Waals surface area contributed by atoms with E-state index in [1.807, 2.05) is 24.3 Å². The molecular weight excluding hydrogens is 348 g/mol. The molecule has 0 radical (unpaired) electrons. The number of nitro groups is 1. The minimum absolute atomic E-state index is 0.0939. The van der Waals surface area contributed by atoms with Crippen molar-refractivity contribution in [2.24, 2.45) is 0 Å². The molecular formula is C18H18N6O3. The van der Waals surface area contributed by atoms with E-state index in [-0.39, 0.29) is 18.3 Å². The first-order valence-electron chi connectivity index (χ1n) is 8.73. The van der Waals surface area contributed by atoms with E-state index in [9.17, 15) is 14.9 Å². The van der Waals surface area contributed by atoms with Crippen LogP contribution in [0.1, 0.15) is 18.7 Å². The van der Waals surface area contributed by atoms with E-state index >= 15 is 0 Å². The third-order valence-electron chi connectivity index (χ3n) is 4.49. The molecule has 1 amide bonds. The molecule has 9 nitrogen and oxygen atoms in total. The monoisotopic (exact) mass is 366 g/mol. The number of anilines is 1. The van der Waals surface area contributed by atoms with Gasteiger partial charge in [0.05, 0.1) is 23.1 Å². The molecule has 4 rings (SSSR count). The van der Waals surface area contributed by atoms with Gasteiger partial charge in [-0.15, -0.1) is 0 Å². The Balaban J connectivity index is 1.40. The van der Waals surface area contributed by atoms with Crippen LogP contribution in [0.15, 0.2) is 42.7 Å². The summed E-state index contributed by atoms with van der Waals surface area (Å²) >= 11 is 0. The van der Waals surface area contributed by atoms with Gasteiger partial charge in [-0.2, -0.15) is 4.68 Å². The number of nitrogens with zero attached hydrogens (tertiary/aromatic N) is 5. The predicted molar refractivity (Wildman–Crippen MR) is 98.1 cm³/mol. The first-order chi connectivity index (χ1) is 13.1. The lowest BCUT2D eigenvalue weighted by molar-refractivity contribution is -0.389. The van der Waals surface area contributed by atoms with Gasteiger partial charge in [0.1, 0.15) is 12.4 Å². The van der Waals surface area contributed by atoms with Crippen LogP contribution in [-0.2, 0) is 24.3 Å². The van der Waals surface area contributed by atoms with Gasteiger partial charge in [0.2, 0.25) is 5.91 Å². The van der Waals surface area contributed by atoms with Crippen molar-refractivity contribution >= 4 is 17.4 Å². The van der Waals surface area contributed by atoms with Crippen molar-refractivity contribution in [2.45, 2.75) is 32.4 Å². The number of hydrogen-bond acceptors (Lipinski definition) is 5. The Kier molecular flexibility index (Phi) is 4.41. The van der Waals surface area contributed by atoms with Gasteiger partial charge in [0, 0.05) is 30.4 Å². The SMILES string of the molecule is O=C(Cn1ccc([N+](=O)[O-])n1)Nc1ccc(-c2cn3c(n2)CCCC3)cc1. The molecule has 1 aliphatic heterocycles. The van der Waals surface area contributed by atoms with Gasteiger partial charge in [0.15, 0.2) is 0 Å². The Morgan fingerprint density at radius 2 is 2.04 bits per heavy atom. The van der Waals surface area contributed by atoms with Crippen LogP contribution in [0.4, 0.5) is 11.5 Å². The average molecular weight is 366 g/mol. The molecule has 2 aromatic heterocycles. The van der Waals surface area contributed by atoms with Crippen LogP contribution >= 0.6 is 0 Å². The fraction of sp³-hybridized carbons (Fsp3) is 0.278. The van der Waals surface area contributed by atoms with E-state index in [4.69, 9.17) is 4.98 Å². The van der Waals surface area contributed by atoms with E-state index in [2.05, 4.69) is 21.2 Å². The minimum atomic E-state index is -0.596. The molecule has 9 heteroatoms. The highest BCUT2D eigenvalue weighted by Crippen LogP contribution is 2.24. The van der Waals surface area contributed by atoms with Crippen LogP contribution in [-0.4, -0.2) is 30.2 Å². The molecule has 0 fully saturated rings. The van der Waals surface area contributed by atoms with Crippen LogP contribution in [0.25, 0.3) is 11.3 Å². The van der Waals surface area contributed by atoms with Gasteiger partial charge >= 0.3 is 5.82 Å². The summed E-state index contributed by atoms with van der Waals surface area (Å²) in [6.07, 6.45) is 6.86. The zero-order chi connectivity index (χ0) is 18.8. The number of hydrogen-bond donors (Lipinski definition) is 1. The van der Waals surface area contributed by atoms with E-state index in [0.29, 0.717) is 5.69 Å². The number of aromatic nitrogens is 4. The number of fused-ring (bicyclic) bond motifs is 1. The van der Waals surface area contributed by atoms with Gasteiger partial charge in [-0.3, -0.25) is 4.79 Å². The molecule has 0 atom stereocenters. The Labute approximate surface area is 154 Å². The van der Waals surface area contributed by atoms with Crippen LogP contribution in [0.2, 0.25) is 0 Å². The summed E-state index contributed by atoms with van der Waals surface area (Å²) in [6, 6.07) is 8.73. The number of benzene rings is 1. The standard InChI is InChI=1S/C18H18N6O3/c25-18(12-23-10-8-17(21-23)24(26)27)19-14-6-4-13(5-7-14)15-11-22-9-2-1-3-16(22)20-15/h4-8,10-11H,1-3,9,12H2,(H,19,25).